The lowest BCUT2D eigenvalue weighted by atomic mass is 10.1. The fourth-order valence-corrected chi connectivity index (χ4v) is 2.53. The molecule has 0 unspecified atom stereocenters. The summed E-state index contributed by atoms with van der Waals surface area (Å²) >= 11 is 0. The molecule has 1 aliphatic heterocycles. The van der Waals surface area contributed by atoms with Crippen molar-refractivity contribution in [3.8, 4) is 11.3 Å². The SMILES string of the molecule is NC1=NN=C(n2nc(-c3ccc(F)cc3)cc2C(F)(F)F)n2ncnc2C1. The van der Waals surface area contributed by atoms with Crippen molar-refractivity contribution >= 4 is 11.8 Å². The summed E-state index contributed by atoms with van der Waals surface area (Å²) in [7, 11) is 0. The molecule has 2 aromatic heterocycles. The van der Waals surface area contributed by atoms with Gasteiger partial charge in [-0.05, 0) is 30.3 Å². The Bertz CT molecular complexity index is 1060. The second kappa shape index (κ2) is 6.00. The van der Waals surface area contributed by atoms with Crippen LogP contribution in [0, 0.1) is 5.82 Å². The predicted molar refractivity (Wildman–Crippen MR) is 86.2 cm³/mol. The summed E-state index contributed by atoms with van der Waals surface area (Å²) in [6, 6.07) is 5.75. The molecule has 138 valence electrons. The summed E-state index contributed by atoms with van der Waals surface area (Å²) in [4.78, 5) is 3.96. The largest absolute Gasteiger partial charge is 0.433 e. The molecule has 0 fully saturated rings. The van der Waals surface area contributed by atoms with Crippen molar-refractivity contribution in [2.24, 2.45) is 15.9 Å². The molecule has 0 atom stereocenters. The fraction of sp³-hybridized carbons (Fsp3) is 0.133. The van der Waals surface area contributed by atoms with Crippen LogP contribution < -0.4 is 5.73 Å². The molecule has 0 bridgehead atoms. The summed E-state index contributed by atoms with van der Waals surface area (Å²) in [6.45, 7) is 0. The van der Waals surface area contributed by atoms with Gasteiger partial charge in [0.05, 0.1) is 12.1 Å². The van der Waals surface area contributed by atoms with E-state index in [0.29, 0.717) is 10.2 Å². The van der Waals surface area contributed by atoms with E-state index < -0.39 is 17.7 Å². The third kappa shape index (κ3) is 3.05. The first-order valence-electron chi connectivity index (χ1n) is 7.56. The standard InChI is InChI=1S/C15H10F4N8/c16-9-3-1-8(2-4-9)10-5-11(15(17,18)19)26(25-10)14-24-23-12(20)6-13-21-7-22-27(13)14/h1-5,7H,6H2,(H2,20,23). The highest BCUT2D eigenvalue weighted by atomic mass is 19.4. The number of hydrogen-bond donors (Lipinski definition) is 1. The first kappa shape index (κ1) is 16.9. The van der Waals surface area contributed by atoms with Crippen LogP contribution in [0.25, 0.3) is 11.3 Å². The van der Waals surface area contributed by atoms with Gasteiger partial charge in [-0.15, -0.1) is 10.2 Å². The molecule has 3 heterocycles. The summed E-state index contributed by atoms with van der Waals surface area (Å²) in [5.41, 5.74) is 4.84. The first-order chi connectivity index (χ1) is 12.8. The summed E-state index contributed by atoms with van der Waals surface area (Å²) in [5.74, 6) is -0.513. The number of nitrogens with zero attached hydrogens (tertiary/aromatic N) is 7. The quantitative estimate of drug-likeness (QED) is 0.654. The Hall–Kier alpha value is -3.57. The van der Waals surface area contributed by atoms with Gasteiger partial charge in [-0.25, -0.2) is 9.37 Å². The van der Waals surface area contributed by atoms with Crippen LogP contribution in [0.4, 0.5) is 17.6 Å². The van der Waals surface area contributed by atoms with Crippen molar-refractivity contribution in [3.05, 3.63) is 54.0 Å². The average Bonchev–Trinajstić information content (AvgIpc) is 3.21. The monoisotopic (exact) mass is 378 g/mol. The highest BCUT2D eigenvalue weighted by molar-refractivity contribution is 5.90. The molecule has 2 N–H and O–H groups in total. The van der Waals surface area contributed by atoms with Crippen LogP contribution in [0.15, 0.2) is 46.9 Å². The zero-order valence-electron chi connectivity index (χ0n) is 13.4. The van der Waals surface area contributed by atoms with Crippen LogP contribution in [-0.2, 0) is 12.6 Å². The van der Waals surface area contributed by atoms with Crippen molar-refractivity contribution < 1.29 is 17.6 Å². The predicted octanol–water partition coefficient (Wildman–Crippen LogP) is 1.88. The molecule has 0 spiro atoms. The Balaban J connectivity index is 1.91. The van der Waals surface area contributed by atoms with Gasteiger partial charge in [-0.1, -0.05) is 0 Å². The molecule has 0 saturated heterocycles. The zero-order valence-corrected chi connectivity index (χ0v) is 13.4. The number of hydrogen-bond acceptors (Lipinski definition) is 6. The molecule has 3 aromatic rings. The van der Waals surface area contributed by atoms with Gasteiger partial charge in [0.25, 0.3) is 5.96 Å². The molecule has 0 radical (unpaired) electrons. The van der Waals surface area contributed by atoms with Gasteiger partial charge < -0.3 is 5.73 Å². The second-order valence-electron chi connectivity index (χ2n) is 5.59. The molecular weight excluding hydrogens is 368 g/mol. The lowest BCUT2D eigenvalue weighted by Crippen LogP contribution is -2.29. The lowest BCUT2D eigenvalue weighted by molar-refractivity contribution is -0.142. The second-order valence-corrected chi connectivity index (χ2v) is 5.59. The Morgan fingerprint density at radius 2 is 1.78 bits per heavy atom. The van der Waals surface area contributed by atoms with Gasteiger partial charge in [0.1, 0.15) is 23.8 Å². The Morgan fingerprint density at radius 1 is 1.04 bits per heavy atom. The van der Waals surface area contributed by atoms with Gasteiger partial charge in [-0.3, -0.25) is 0 Å². The van der Waals surface area contributed by atoms with Crippen molar-refractivity contribution in [3.63, 3.8) is 0 Å². The number of aromatic nitrogens is 5. The van der Waals surface area contributed by atoms with Gasteiger partial charge in [0.2, 0.25) is 0 Å². The summed E-state index contributed by atoms with van der Waals surface area (Å²) in [6.07, 6.45) is -3.50. The van der Waals surface area contributed by atoms with E-state index in [1.165, 1.54) is 18.5 Å². The van der Waals surface area contributed by atoms with Gasteiger partial charge in [0.15, 0.2) is 5.69 Å². The number of halogens is 4. The van der Waals surface area contributed by atoms with E-state index in [1.54, 1.807) is 0 Å². The van der Waals surface area contributed by atoms with E-state index in [-0.39, 0.29) is 29.7 Å². The van der Waals surface area contributed by atoms with E-state index in [4.69, 9.17) is 5.73 Å². The number of alkyl halides is 3. The minimum absolute atomic E-state index is 0.0205. The van der Waals surface area contributed by atoms with Gasteiger partial charge in [-0.2, -0.15) is 32.7 Å². The number of rotatable bonds is 1. The Morgan fingerprint density at radius 3 is 2.48 bits per heavy atom. The molecule has 4 rings (SSSR count). The summed E-state index contributed by atoms with van der Waals surface area (Å²) in [5, 5.41) is 15.3. The van der Waals surface area contributed by atoms with Crippen LogP contribution in [0.1, 0.15) is 11.5 Å². The molecule has 12 heteroatoms. The number of benzene rings is 1. The molecule has 0 saturated carbocycles. The highest BCUT2D eigenvalue weighted by Crippen LogP contribution is 2.32. The maximum Gasteiger partial charge on any atom is 0.433 e. The molecule has 0 aliphatic carbocycles. The lowest BCUT2D eigenvalue weighted by Gasteiger charge is -2.11. The molecule has 0 amide bonds. The average molecular weight is 378 g/mol. The topological polar surface area (TPSA) is 99.3 Å². The van der Waals surface area contributed by atoms with Gasteiger partial charge >= 0.3 is 6.18 Å². The molecule has 1 aliphatic rings. The fourth-order valence-electron chi connectivity index (χ4n) is 2.53. The van der Waals surface area contributed by atoms with Crippen LogP contribution in [-0.4, -0.2) is 36.3 Å². The van der Waals surface area contributed by atoms with E-state index >= 15 is 0 Å². The van der Waals surface area contributed by atoms with E-state index in [2.05, 4.69) is 25.4 Å². The Kier molecular flexibility index (Phi) is 3.75. The maximum atomic E-state index is 13.6. The first-order valence-corrected chi connectivity index (χ1v) is 7.56. The Labute approximate surface area is 148 Å². The van der Waals surface area contributed by atoms with Crippen molar-refractivity contribution in [1.29, 1.82) is 0 Å². The number of fused-ring (bicyclic) bond motifs is 1. The third-order valence-electron chi connectivity index (χ3n) is 3.74. The van der Waals surface area contributed by atoms with E-state index in [9.17, 15) is 17.6 Å². The zero-order chi connectivity index (χ0) is 19.2. The molecule has 1 aromatic carbocycles. The minimum atomic E-state index is -4.74. The van der Waals surface area contributed by atoms with E-state index in [1.807, 2.05) is 0 Å². The normalized spacial score (nSPS) is 14.4. The number of nitrogens with two attached hydrogens (primary N) is 1. The van der Waals surface area contributed by atoms with Crippen LogP contribution in [0.3, 0.4) is 0 Å². The van der Waals surface area contributed by atoms with Crippen LogP contribution >= 0.6 is 0 Å². The van der Waals surface area contributed by atoms with Gasteiger partial charge in [0, 0.05) is 5.56 Å². The van der Waals surface area contributed by atoms with E-state index in [0.717, 1.165) is 22.9 Å². The number of amidine groups is 1. The van der Waals surface area contributed by atoms with Crippen LogP contribution in [0.5, 0.6) is 0 Å². The highest BCUT2D eigenvalue weighted by Gasteiger charge is 2.38. The maximum absolute atomic E-state index is 13.6. The summed E-state index contributed by atoms with van der Waals surface area (Å²) < 4.78 is 55.5. The minimum Gasteiger partial charge on any atom is -0.385 e. The molecule has 8 nitrogen and oxygen atoms in total. The molecular formula is C15H10F4N8. The smallest absolute Gasteiger partial charge is 0.385 e. The molecule has 27 heavy (non-hydrogen) atoms. The van der Waals surface area contributed by atoms with Crippen molar-refractivity contribution in [1.82, 2.24) is 24.5 Å². The van der Waals surface area contributed by atoms with Crippen molar-refractivity contribution in [2.75, 3.05) is 0 Å². The third-order valence-corrected chi connectivity index (χ3v) is 3.74. The van der Waals surface area contributed by atoms with Crippen LogP contribution in [0.2, 0.25) is 0 Å². The van der Waals surface area contributed by atoms with Crippen molar-refractivity contribution in [2.45, 2.75) is 12.6 Å².